The highest BCUT2D eigenvalue weighted by atomic mass is 32.2. The van der Waals surface area contributed by atoms with Crippen molar-refractivity contribution in [3.8, 4) is 11.5 Å². The van der Waals surface area contributed by atoms with Gasteiger partial charge in [-0.15, -0.1) is 0 Å². The Morgan fingerprint density at radius 3 is 2.45 bits per heavy atom. The van der Waals surface area contributed by atoms with Crippen molar-refractivity contribution in [2.45, 2.75) is 39.5 Å². The van der Waals surface area contributed by atoms with Gasteiger partial charge in [-0.25, -0.2) is 0 Å². The predicted molar refractivity (Wildman–Crippen MR) is 133 cm³/mol. The minimum Gasteiger partial charge on any atom is -0.493 e. The maximum Gasteiger partial charge on any atom is 0.266 e. The second-order valence-corrected chi connectivity index (χ2v) is 9.07. The highest BCUT2D eigenvalue weighted by molar-refractivity contribution is 8.26. The number of thioether (sulfide) groups is 1. The first-order valence-corrected chi connectivity index (χ1v) is 12.0. The number of carbonyl (C=O) groups excluding carboxylic acids is 1. The number of thiocarbonyl (C=S) groups is 1. The number of carbonyl (C=O) groups is 1. The number of ether oxygens (including phenoxy) is 2. The molecule has 3 rings (SSSR count). The van der Waals surface area contributed by atoms with Crippen molar-refractivity contribution in [1.29, 1.82) is 0 Å². The minimum atomic E-state index is -0.0416. The second-order valence-electron chi connectivity index (χ2n) is 7.39. The van der Waals surface area contributed by atoms with Crippen LogP contribution in [0.15, 0.2) is 53.4 Å². The van der Waals surface area contributed by atoms with Crippen LogP contribution in [0.2, 0.25) is 0 Å². The molecule has 1 unspecified atom stereocenters. The number of para-hydroxylation sites is 1. The van der Waals surface area contributed by atoms with Crippen molar-refractivity contribution in [2.24, 2.45) is 0 Å². The van der Waals surface area contributed by atoms with Gasteiger partial charge in [-0.3, -0.25) is 9.69 Å². The van der Waals surface area contributed by atoms with Crippen LogP contribution in [0.4, 0.5) is 0 Å². The number of rotatable bonds is 10. The molecule has 6 heteroatoms. The molecule has 0 aromatic heterocycles. The zero-order valence-electron chi connectivity index (χ0n) is 18.3. The summed E-state index contributed by atoms with van der Waals surface area (Å²) in [7, 11) is 0. The lowest BCUT2D eigenvalue weighted by molar-refractivity contribution is -0.121. The standard InChI is InChI=1S/C25H29NO3S2/c1-4-18(3)19-11-13-21(14-12-19)28-15-8-16-29-22-10-7-6-9-20(22)17-23-24(27)26(5-2)25(30)31-23/h6-7,9-14,17-18H,4-5,8,15-16H2,1-3H3. The minimum absolute atomic E-state index is 0.0416. The van der Waals surface area contributed by atoms with Crippen LogP contribution < -0.4 is 9.47 Å². The lowest BCUT2D eigenvalue weighted by Gasteiger charge is -2.12. The molecule has 1 heterocycles. The third-order valence-corrected chi connectivity index (χ3v) is 6.65. The van der Waals surface area contributed by atoms with Crippen LogP contribution in [0.5, 0.6) is 11.5 Å². The van der Waals surface area contributed by atoms with Crippen LogP contribution >= 0.6 is 24.0 Å². The largest absolute Gasteiger partial charge is 0.493 e. The second kappa shape index (κ2) is 11.3. The van der Waals surface area contributed by atoms with Crippen LogP contribution in [0.1, 0.15) is 50.7 Å². The van der Waals surface area contributed by atoms with E-state index >= 15 is 0 Å². The molecule has 1 saturated heterocycles. The van der Waals surface area contributed by atoms with E-state index in [9.17, 15) is 4.79 Å². The zero-order chi connectivity index (χ0) is 22.2. The Kier molecular flexibility index (Phi) is 8.55. The summed E-state index contributed by atoms with van der Waals surface area (Å²) < 4.78 is 12.4. The summed E-state index contributed by atoms with van der Waals surface area (Å²) in [6.45, 7) is 8.05. The molecule has 2 aromatic carbocycles. The first-order chi connectivity index (χ1) is 15.0. The summed E-state index contributed by atoms with van der Waals surface area (Å²) in [4.78, 5) is 14.7. The van der Waals surface area contributed by atoms with Crippen molar-refractivity contribution < 1.29 is 14.3 Å². The molecule has 0 saturated carbocycles. The Morgan fingerprint density at radius 1 is 1.06 bits per heavy atom. The molecule has 0 aliphatic carbocycles. The van der Waals surface area contributed by atoms with Crippen molar-refractivity contribution in [1.82, 2.24) is 4.90 Å². The van der Waals surface area contributed by atoms with Gasteiger partial charge in [-0.1, -0.05) is 68.2 Å². The van der Waals surface area contributed by atoms with E-state index < -0.39 is 0 Å². The fourth-order valence-corrected chi connectivity index (χ4v) is 4.58. The molecule has 1 amide bonds. The third kappa shape index (κ3) is 6.11. The zero-order valence-corrected chi connectivity index (χ0v) is 19.9. The Morgan fingerprint density at radius 2 is 1.77 bits per heavy atom. The van der Waals surface area contributed by atoms with Gasteiger partial charge in [0.25, 0.3) is 5.91 Å². The molecule has 164 valence electrons. The van der Waals surface area contributed by atoms with Crippen molar-refractivity contribution in [2.75, 3.05) is 19.8 Å². The highest BCUT2D eigenvalue weighted by Crippen LogP contribution is 2.34. The van der Waals surface area contributed by atoms with E-state index in [0.29, 0.717) is 34.9 Å². The van der Waals surface area contributed by atoms with Crippen LogP contribution in [0.25, 0.3) is 6.08 Å². The van der Waals surface area contributed by atoms with Gasteiger partial charge in [-0.05, 0) is 49.1 Å². The van der Waals surface area contributed by atoms with E-state index in [1.54, 1.807) is 4.90 Å². The lowest BCUT2D eigenvalue weighted by Crippen LogP contribution is -2.27. The maximum absolute atomic E-state index is 12.5. The van der Waals surface area contributed by atoms with Gasteiger partial charge in [0.15, 0.2) is 0 Å². The van der Waals surface area contributed by atoms with Gasteiger partial charge >= 0.3 is 0 Å². The average molecular weight is 456 g/mol. The molecule has 4 nitrogen and oxygen atoms in total. The number of hydrogen-bond acceptors (Lipinski definition) is 5. The summed E-state index contributed by atoms with van der Waals surface area (Å²) in [5.74, 6) is 2.16. The SMILES string of the molecule is CCC(C)c1ccc(OCCCOc2ccccc2C=C2SC(=S)N(CC)C2=O)cc1. The fourth-order valence-electron chi connectivity index (χ4n) is 3.20. The summed E-state index contributed by atoms with van der Waals surface area (Å²) >= 11 is 6.63. The van der Waals surface area contributed by atoms with E-state index in [4.69, 9.17) is 21.7 Å². The summed E-state index contributed by atoms with van der Waals surface area (Å²) in [6, 6.07) is 16.1. The quantitative estimate of drug-likeness (QED) is 0.240. The fraction of sp³-hybridized carbons (Fsp3) is 0.360. The number of amides is 1. The molecule has 31 heavy (non-hydrogen) atoms. The molecule has 0 spiro atoms. The Bertz CT molecular complexity index is 940. The summed E-state index contributed by atoms with van der Waals surface area (Å²) in [6.07, 6.45) is 3.76. The molecule has 0 bridgehead atoms. The van der Waals surface area contributed by atoms with E-state index in [-0.39, 0.29) is 5.91 Å². The van der Waals surface area contributed by atoms with Gasteiger partial charge in [-0.2, -0.15) is 0 Å². The van der Waals surface area contributed by atoms with Gasteiger partial charge in [0.2, 0.25) is 0 Å². The van der Waals surface area contributed by atoms with Gasteiger partial charge in [0.05, 0.1) is 18.1 Å². The molecular formula is C25H29NO3S2. The van der Waals surface area contributed by atoms with E-state index in [1.165, 1.54) is 17.3 Å². The van der Waals surface area contributed by atoms with Crippen molar-refractivity contribution in [3.05, 3.63) is 64.6 Å². The summed E-state index contributed by atoms with van der Waals surface area (Å²) in [5.41, 5.74) is 2.21. The molecule has 2 aromatic rings. The molecule has 0 N–H and O–H groups in total. The molecule has 1 aliphatic heterocycles. The van der Waals surface area contributed by atoms with Gasteiger partial charge in [0, 0.05) is 18.5 Å². The summed E-state index contributed by atoms with van der Waals surface area (Å²) in [5, 5.41) is 0. The molecule has 1 atom stereocenters. The Balaban J connectivity index is 1.51. The molecule has 1 aliphatic rings. The first kappa shape index (κ1) is 23.4. The Hall–Kier alpha value is -2.31. The average Bonchev–Trinajstić information content (AvgIpc) is 3.06. The van der Waals surface area contributed by atoms with Gasteiger partial charge in [0.1, 0.15) is 15.8 Å². The van der Waals surface area contributed by atoms with Crippen LogP contribution in [0, 0.1) is 0 Å². The molecule has 0 radical (unpaired) electrons. The number of benzene rings is 2. The van der Waals surface area contributed by atoms with E-state index in [1.807, 2.05) is 49.4 Å². The monoisotopic (exact) mass is 455 g/mol. The third-order valence-electron chi connectivity index (χ3n) is 5.27. The lowest BCUT2D eigenvalue weighted by atomic mass is 9.99. The topological polar surface area (TPSA) is 38.8 Å². The first-order valence-electron chi connectivity index (χ1n) is 10.7. The van der Waals surface area contributed by atoms with Crippen molar-refractivity contribution in [3.63, 3.8) is 0 Å². The van der Waals surface area contributed by atoms with E-state index in [0.717, 1.165) is 29.9 Å². The number of nitrogens with zero attached hydrogens (tertiary/aromatic N) is 1. The smallest absolute Gasteiger partial charge is 0.266 e. The van der Waals surface area contributed by atoms with Crippen molar-refractivity contribution >= 4 is 40.3 Å². The van der Waals surface area contributed by atoms with Crippen LogP contribution in [0.3, 0.4) is 0 Å². The Labute approximate surface area is 194 Å². The number of likely N-dealkylation sites (N-methyl/N-ethyl adjacent to an activating group) is 1. The van der Waals surface area contributed by atoms with Crippen LogP contribution in [-0.4, -0.2) is 34.9 Å². The molecule has 1 fully saturated rings. The maximum atomic E-state index is 12.5. The predicted octanol–water partition coefficient (Wildman–Crippen LogP) is 6.27. The van der Waals surface area contributed by atoms with Gasteiger partial charge < -0.3 is 9.47 Å². The highest BCUT2D eigenvalue weighted by Gasteiger charge is 2.30. The normalized spacial score (nSPS) is 16.1. The molecular weight excluding hydrogens is 426 g/mol. The number of hydrogen-bond donors (Lipinski definition) is 0. The van der Waals surface area contributed by atoms with Crippen LogP contribution in [-0.2, 0) is 4.79 Å². The van der Waals surface area contributed by atoms with E-state index in [2.05, 4.69) is 26.0 Å².